The van der Waals surface area contributed by atoms with Crippen molar-refractivity contribution < 1.29 is 4.74 Å². The van der Waals surface area contributed by atoms with Crippen molar-refractivity contribution in [1.82, 2.24) is 0 Å². The molecule has 2 nitrogen and oxygen atoms in total. The second-order valence-corrected chi connectivity index (χ2v) is 5.01. The summed E-state index contributed by atoms with van der Waals surface area (Å²) in [7, 11) is 1.70. The van der Waals surface area contributed by atoms with Gasteiger partial charge in [-0.15, -0.1) is 0 Å². The molecule has 0 aliphatic carbocycles. The molecule has 2 aromatic rings. The molecule has 19 heavy (non-hydrogen) atoms. The molecule has 0 saturated heterocycles. The molecule has 0 amide bonds. The highest BCUT2D eigenvalue weighted by molar-refractivity contribution is 6.30. The molecule has 1 atom stereocenters. The number of halogens is 1. The average molecular weight is 276 g/mol. The Labute approximate surface area is 119 Å². The van der Waals surface area contributed by atoms with Crippen LogP contribution < -0.4 is 10.1 Å². The molecule has 0 spiro atoms. The fraction of sp³-hybridized carbons (Fsp3) is 0.250. The molecule has 0 radical (unpaired) electrons. The van der Waals surface area contributed by atoms with Gasteiger partial charge in [-0.3, -0.25) is 0 Å². The van der Waals surface area contributed by atoms with E-state index in [4.69, 9.17) is 16.3 Å². The first-order valence-corrected chi connectivity index (χ1v) is 6.71. The van der Waals surface area contributed by atoms with Crippen molar-refractivity contribution in [2.24, 2.45) is 0 Å². The van der Waals surface area contributed by atoms with Gasteiger partial charge >= 0.3 is 0 Å². The number of anilines is 1. The van der Waals surface area contributed by atoms with Gasteiger partial charge < -0.3 is 10.1 Å². The van der Waals surface area contributed by atoms with E-state index in [0.29, 0.717) is 6.04 Å². The van der Waals surface area contributed by atoms with Gasteiger partial charge in [-0.05, 0) is 43.2 Å². The zero-order valence-electron chi connectivity index (χ0n) is 11.2. The Morgan fingerprint density at radius 1 is 1.16 bits per heavy atom. The number of nitrogens with one attached hydrogen (secondary N) is 1. The van der Waals surface area contributed by atoms with Crippen LogP contribution in [0, 0.1) is 0 Å². The first-order chi connectivity index (χ1) is 9.19. The van der Waals surface area contributed by atoms with Gasteiger partial charge in [0.15, 0.2) is 0 Å². The number of rotatable bonds is 5. The van der Waals surface area contributed by atoms with Crippen LogP contribution in [0.4, 0.5) is 5.69 Å². The monoisotopic (exact) mass is 275 g/mol. The lowest BCUT2D eigenvalue weighted by atomic mass is 10.1. The van der Waals surface area contributed by atoms with Crippen LogP contribution in [0.5, 0.6) is 5.75 Å². The number of ether oxygens (including phenoxy) is 1. The highest BCUT2D eigenvalue weighted by Gasteiger charge is 2.07. The molecule has 0 aliphatic heterocycles. The number of hydrogen-bond acceptors (Lipinski definition) is 2. The van der Waals surface area contributed by atoms with E-state index in [1.54, 1.807) is 7.11 Å². The van der Waals surface area contributed by atoms with Crippen molar-refractivity contribution in [1.29, 1.82) is 0 Å². The third-order valence-electron chi connectivity index (χ3n) is 2.96. The topological polar surface area (TPSA) is 21.3 Å². The third-order valence-corrected chi connectivity index (χ3v) is 3.19. The van der Waals surface area contributed by atoms with Crippen LogP contribution in [0.2, 0.25) is 5.02 Å². The van der Waals surface area contributed by atoms with Crippen molar-refractivity contribution in [3.63, 3.8) is 0 Å². The van der Waals surface area contributed by atoms with Gasteiger partial charge in [0.05, 0.1) is 7.11 Å². The summed E-state index contributed by atoms with van der Waals surface area (Å²) in [6, 6.07) is 16.2. The molecule has 0 aliphatic rings. The van der Waals surface area contributed by atoms with E-state index in [9.17, 15) is 0 Å². The van der Waals surface area contributed by atoms with Crippen molar-refractivity contribution >= 4 is 17.3 Å². The van der Waals surface area contributed by atoms with Crippen LogP contribution >= 0.6 is 11.6 Å². The normalized spacial score (nSPS) is 11.9. The second-order valence-electron chi connectivity index (χ2n) is 4.57. The Hall–Kier alpha value is -1.67. The maximum absolute atomic E-state index is 5.98. The van der Waals surface area contributed by atoms with Crippen LogP contribution in [-0.2, 0) is 6.42 Å². The summed E-state index contributed by atoms with van der Waals surface area (Å²) >= 11 is 5.98. The number of methoxy groups -OCH3 is 1. The lowest BCUT2D eigenvalue weighted by molar-refractivity contribution is 0.409. The maximum Gasteiger partial charge on any atom is 0.122 e. The van der Waals surface area contributed by atoms with E-state index in [1.807, 2.05) is 42.5 Å². The van der Waals surface area contributed by atoms with Gasteiger partial charge in [0.25, 0.3) is 0 Å². The Balaban J connectivity index is 2.03. The number of hydrogen-bond donors (Lipinski definition) is 1. The van der Waals surface area contributed by atoms with Crippen molar-refractivity contribution in [3.8, 4) is 5.75 Å². The SMILES string of the molecule is COc1ccccc1CC(C)Nc1cccc(Cl)c1. The van der Waals surface area contributed by atoms with E-state index < -0.39 is 0 Å². The van der Waals surface area contributed by atoms with Crippen LogP contribution in [-0.4, -0.2) is 13.2 Å². The lowest BCUT2D eigenvalue weighted by Gasteiger charge is -2.17. The summed E-state index contributed by atoms with van der Waals surface area (Å²) in [6.45, 7) is 2.15. The van der Waals surface area contributed by atoms with Crippen LogP contribution in [0.3, 0.4) is 0 Å². The summed E-state index contributed by atoms with van der Waals surface area (Å²) in [6.07, 6.45) is 0.899. The summed E-state index contributed by atoms with van der Waals surface area (Å²) in [4.78, 5) is 0. The Kier molecular flexibility index (Phi) is 4.69. The first kappa shape index (κ1) is 13.8. The molecule has 0 heterocycles. The molecular formula is C16H18ClNO. The predicted octanol–water partition coefficient (Wildman–Crippen LogP) is 4.39. The third kappa shape index (κ3) is 3.90. The molecular weight excluding hydrogens is 258 g/mol. The Bertz CT molecular complexity index is 542. The summed E-state index contributed by atoms with van der Waals surface area (Å²) in [5.74, 6) is 0.933. The smallest absolute Gasteiger partial charge is 0.122 e. The highest BCUT2D eigenvalue weighted by atomic mass is 35.5. The van der Waals surface area contributed by atoms with E-state index >= 15 is 0 Å². The average Bonchev–Trinajstić information content (AvgIpc) is 2.39. The molecule has 2 aromatic carbocycles. The van der Waals surface area contributed by atoms with Gasteiger partial charge in [-0.2, -0.15) is 0 Å². The zero-order valence-corrected chi connectivity index (χ0v) is 11.9. The van der Waals surface area contributed by atoms with Gasteiger partial charge in [-0.25, -0.2) is 0 Å². The van der Waals surface area contributed by atoms with Gasteiger partial charge in [0.1, 0.15) is 5.75 Å². The molecule has 1 unspecified atom stereocenters. The largest absolute Gasteiger partial charge is 0.496 e. The lowest BCUT2D eigenvalue weighted by Crippen LogP contribution is -2.18. The quantitative estimate of drug-likeness (QED) is 0.874. The molecule has 1 N–H and O–H groups in total. The fourth-order valence-electron chi connectivity index (χ4n) is 2.12. The van der Waals surface area contributed by atoms with E-state index in [1.165, 1.54) is 5.56 Å². The molecule has 100 valence electrons. The van der Waals surface area contributed by atoms with Gasteiger partial charge in [-0.1, -0.05) is 35.9 Å². The molecule has 2 rings (SSSR count). The molecule has 0 fully saturated rings. The summed E-state index contributed by atoms with van der Waals surface area (Å²) in [5.41, 5.74) is 2.24. The van der Waals surface area contributed by atoms with Crippen molar-refractivity contribution in [2.75, 3.05) is 12.4 Å². The maximum atomic E-state index is 5.98. The predicted molar refractivity (Wildman–Crippen MR) is 81.2 cm³/mol. The Morgan fingerprint density at radius 3 is 2.68 bits per heavy atom. The molecule has 0 saturated carbocycles. The van der Waals surface area contributed by atoms with E-state index in [-0.39, 0.29) is 0 Å². The minimum absolute atomic E-state index is 0.301. The minimum Gasteiger partial charge on any atom is -0.496 e. The van der Waals surface area contributed by atoms with Crippen LogP contribution in [0.1, 0.15) is 12.5 Å². The molecule has 0 bridgehead atoms. The minimum atomic E-state index is 0.301. The molecule has 0 aromatic heterocycles. The standard InChI is InChI=1S/C16H18ClNO/c1-12(18-15-8-5-7-14(17)11-15)10-13-6-3-4-9-16(13)19-2/h3-9,11-12,18H,10H2,1-2H3. The van der Waals surface area contributed by atoms with Crippen LogP contribution in [0.15, 0.2) is 48.5 Å². The molecule has 3 heteroatoms. The van der Waals surface area contributed by atoms with Crippen molar-refractivity contribution in [3.05, 3.63) is 59.1 Å². The van der Waals surface area contributed by atoms with Gasteiger partial charge in [0, 0.05) is 16.8 Å². The fourth-order valence-corrected chi connectivity index (χ4v) is 2.31. The number of para-hydroxylation sites is 1. The van der Waals surface area contributed by atoms with Crippen molar-refractivity contribution in [2.45, 2.75) is 19.4 Å². The highest BCUT2D eigenvalue weighted by Crippen LogP contribution is 2.21. The second kappa shape index (κ2) is 6.48. The van der Waals surface area contributed by atoms with Gasteiger partial charge in [0.2, 0.25) is 0 Å². The van der Waals surface area contributed by atoms with E-state index in [0.717, 1.165) is 22.9 Å². The summed E-state index contributed by atoms with van der Waals surface area (Å²) < 4.78 is 5.37. The Morgan fingerprint density at radius 2 is 1.95 bits per heavy atom. The first-order valence-electron chi connectivity index (χ1n) is 6.33. The zero-order chi connectivity index (χ0) is 13.7. The number of benzene rings is 2. The van der Waals surface area contributed by atoms with Crippen LogP contribution in [0.25, 0.3) is 0 Å². The summed E-state index contributed by atoms with van der Waals surface area (Å²) in [5, 5.41) is 4.19. The van der Waals surface area contributed by atoms with E-state index in [2.05, 4.69) is 18.3 Å².